The first kappa shape index (κ1) is 15.9. The van der Waals surface area contributed by atoms with Gasteiger partial charge in [0, 0.05) is 13.7 Å². The fourth-order valence-corrected chi connectivity index (χ4v) is 2.41. The van der Waals surface area contributed by atoms with Crippen LogP contribution in [0.15, 0.2) is 0 Å². The Morgan fingerprint density at radius 1 is 1.47 bits per heavy atom. The van der Waals surface area contributed by atoms with Crippen molar-refractivity contribution in [3.05, 3.63) is 0 Å². The maximum Gasteiger partial charge on any atom is 0.323 e. The van der Waals surface area contributed by atoms with Gasteiger partial charge in [0.2, 0.25) is 5.91 Å². The molecule has 0 aromatic heterocycles. The summed E-state index contributed by atoms with van der Waals surface area (Å²) in [6, 6.07) is -0.255. The third-order valence-electron chi connectivity index (χ3n) is 3.59. The van der Waals surface area contributed by atoms with Crippen LogP contribution in [0.4, 0.5) is 0 Å². The first-order valence-corrected chi connectivity index (χ1v) is 6.81. The highest BCUT2D eigenvalue weighted by Gasteiger charge is 2.30. The molecule has 2 atom stereocenters. The van der Waals surface area contributed by atoms with Gasteiger partial charge in [-0.2, -0.15) is 0 Å². The molecular weight excluding hydrogens is 248 g/mol. The summed E-state index contributed by atoms with van der Waals surface area (Å²) >= 11 is 0. The molecule has 1 saturated heterocycles. The molecule has 6 nitrogen and oxygen atoms in total. The van der Waals surface area contributed by atoms with E-state index in [9.17, 15) is 9.59 Å². The molecule has 1 aliphatic heterocycles. The predicted octanol–water partition coefficient (Wildman–Crippen LogP) is 0.324. The number of methoxy groups -OCH3 is 1. The molecule has 0 spiro atoms. The SMILES string of the molecule is CCC1CCNC(C(=O)N(CCOC)CC(=O)O)C1. The molecule has 110 valence electrons. The van der Waals surface area contributed by atoms with Gasteiger partial charge in [0.25, 0.3) is 0 Å². The zero-order valence-electron chi connectivity index (χ0n) is 11.7. The van der Waals surface area contributed by atoms with Crippen molar-refractivity contribution >= 4 is 11.9 Å². The molecule has 2 N–H and O–H groups in total. The molecule has 0 aromatic rings. The number of carbonyl (C=O) groups is 2. The number of amides is 1. The number of carbonyl (C=O) groups excluding carboxylic acids is 1. The fraction of sp³-hybridized carbons (Fsp3) is 0.846. The smallest absolute Gasteiger partial charge is 0.323 e. The van der Waals surface area contributed by atoms with Crippen molar-refractivity contribution in [2.45, 2.75) is 32.2 Å². The summed E-state index contributed by atoms with van der Waals surface area (Å²) in [7, 11) is 1.54. The second kappa shape index (κ2) is 8.12. The molecule has 0 aliphatic carbocycles. The van der Waals surface area contributed by atoms with Gasteiger partial charge in [-0.3, -0.25) is 9.59 Å². The van der Waals surface area contributed by atoms with Crippen LogP contribution >= 0.6 is 0 Å². The number of carboxylic acids is 1. The highest BCUT2D eigenvalue weighted by atomic mass is 16.5. The van der Waals surface area contributed by atoms with Crippen molar-refractivity contribution in [1.29, 1.82) is 0 Å². The van der Waals surface area contributed by atoms with Crippen molar-refractivity contribution in [3.63, 3.8) is 0 Å². The quantitative estimate of drug-likeness (QED) is 0.698. The Labute approximate surface area is 114 Å². The van der Waals surface area contributed by atoms with Crippen LogP contribution in [0, 0.1) is 5.92 Å². The summed E-state index contributed by atoms with van der Waals surface area (Å²) in [5.74, 6) is -0.575. The lowest BCUT2D eigenvalue weighted by atomic mass is 9.90. The van der Waals surface area contributed by atoms with Crippen LogP contribution in [0.3, 0.4) is 0 Å². The van der Waals surface area contributed by atoms with Gasteiger partial charge in [-0.25, -0.2) is 0 Å². The summed E-state index contributed by atoms with van der Waals surface area (Å²) in [6.45, 7) is 3.34. The van der Waals surface area contributed by atoms with Gasteiger partial charge in [0.15, 0.2) is 0 Å². The van der Waals surface area contributed by atoms with Gasteiger partial charge in [-0.05, 0) is 25.3 Å². The molecule has 1 fully saturated rings. The van der Waals surface area contributed by atoms with Crippen LogP contribution in [0.5, 0.6) is 0 Å². The lowest BCUT2D eigenvalue weighted by Gasteiger charge is -2.32. The average Bonchev–Trinajstić information content (AvgIpc) is 2.42. The number of hydrogen-bond donors (Lipinski definition) is 2. The normalized spacial score (nSPS) is 23.1. The highest BCUT2D eigenvalue weighted by Crippen LogP contribution is 2.20. The molecule has 6 heteroatoms. The minimum Gasteiger partial charge on any atom is -0.480 e. The van der Waals surface area contributed by atoms with Gasteiger partial charge >= 0.3 is 5.97 Å². The van der Waals surface area contributed by atoms with E-state index in [2.05, 4.69) is 12.2 Å². The number of ether oxygens (including phenoxy) is 1. The Balaban J connectivity index is 2.60. The molecule has 1 amide bonds. The third-order valence-corrected chi connectivity index (χ3v) is 3.59. The maximum atomic E-state index is 12.3. The Kier molecular flexibility index (Phi) is 6.80. The standard InChI is InChI=1S/C13H24N2O4/c1-3-10-4-5-14-11(8-10)13(18)15(6-7-19-2)9-12(16)17/h10-11,14H,3-9H2,1-2H3,(H,16,17). The van der Waals surface area contributed by atoms with Gasteiger partial charge in [-0.1, -0.05) is 13.3 Å². The fourth-order valence-electron chi connectivity index (χ4n) is 2.41. The van der Waals surface area contributed by atoms with Crippen molar-refractivity contribution in [2.24, 2.45) is 5.92 Å². The Hall–Kier alpha value is -1.14. The predicted molar refractivity (Wildman–Crippen MR) is 70.9 cm³/mol. The van der Waals surface area contributed by atoms with Crippen LogP contribution in [0.1, 0.15) is 26.2 Å². The van der Waals surface area contributed by atoms with E-state index in [1.807, 2.05) is 0 Å². The Morgan fingerprint density at radius 3 is 2.79 bits per heavy atom. The molecule has 1 heterocycles. The highest BCUT2D eigenvalue weighted by molar-refractivity contribution is 5.85. The zero-order valence-corrected chi connectivity index (χ0v) is 11.7. The topological polar surface area (TPSA) is 78.9 Å². The van der Waals surface area contributed by atoms with E-state index in [1.54, 1.807) is 0 Å². The lowest BCUT2D eigenvalue weighted by Crippen LogP contribution is -2.52. The molecule has 0 saturated carbocycles. The van der Waals surface area contributed by atoms with Crippen molar-refractivity contribution < 1.29 is 19.4 Å². The van der Waals surface area contributed by atoms with Crippen LogP contribution in [-0.2, 0) is 14.3 Å². The first-order chi connectivity index (χ1) is 9.08. The molecule has 2 unspecified atom stereocenters. The van der Waals surface area contributed by atoms with Crippen molar-refractivity contribution in [3.8, 4) is 0 Å². The molecule has 0 aromatic carbocycles. The lowest BCUT2D eigenvalue weighted by molar-refractivity contribution is -0.146. The van der Waals surface area contributed by atoms with Gasteiger partial charge in [-0.15, -0.1) is 0 Å². The third kappa shape index (κ3) is 5.16. The van der Waals surface area contributed by atoms with Gasteiger partial charge in [0.05, 0.1) is 12.6 Å². The number of aliphatic carboxylic acids is 1. The maximum absolute atomic E-state index is 12.3. The second-order valence-corrected chi connectivity index (χ2v) is 4.95. The summed E-state index contributed by atoms with van der Waals surface area (Å²) in [5, 5.41) is 12.1. The Morgan fingerprint density at radius 2 is 2.21 bits per heavy atom. The monoisotopic (exact) mass is 272 g/mol. The summed E-state index contributed by atoms with van der Waals surface area (Å²) in [6.07, 6.45) is 2.93. The van der Waals surface area contributed by atoms with Crippen LogP contribution in [-0.4, -0.2) is 61.3 Å². The number of carboxylic acid groups (broad SMARTS) is 1. The van der Waals surface area contributed by atoms with Crippen molar-refractivity contribution in [1.82, 2.24) is 10.2 Å². The summed E-state index contributed by atoms with van der Waals surface area (Å²) in [5.41, 5.74) is 0. The number of nitrogens with one attached hydrogen (secondary N) is 1. The average molecular weight is 272 g/mol. The minimum absolute atomic E-state index is 0.127. The number of rotatable bonds is 7. The zero-order chi connectivity index (χ0) is 14.3. The van der Waals surface area contributed by atoms with Crippen LogP contribution in [0.25, 0.3) is 0 Å². The van der Waals surface area contributed by atoms with E-state index in [0.717, 1.165) is 25.8 Å². The van der Waals surface area contributed by atoms with Gasteiger partial charge in [0.1, 0.15) is 6.54 Å². The van der Waals surface area contributed by atoms with E-state index in [1.165, 1.54) is 12.0 Å². The van der Waals surface area contributed by atoms with E-state index in [0.29, 0.717) is 19.1 Å². The van der Waals surface area contributed by atoms with Crippen LogP contribution in [0.2, 0.25) is 0 Å². The second-order valence-electron chi connectivity index (χ2n) is 4.95. The van der Waals surface area contributed by atoms with Crippen molar-refractivity contribution in [2.75, 3.05) is 33.4 Å². The number of nitrogens with zero attached hydrogens (tertiary/aromatic N) is 1. The number of piperidine rings is 1. The van der Waals surface area contributed by atoms with E-state index in [-0.39, 0.29) is 18.5 Å². The summed E-state index contributed by atoms with van der Waals surface area (Å²) < 4.78 is 4.93. The number of hydrogen-bond acceptors (Lipinski definition) is 4. The minimum atomic E-state index is -0.993. The van der Waals surface area contributed by atoms with E-state index in [4.69, 9.17) is 9.84 Å². The molecular formula is C13H24N2O4. The Bertz CT molecular complexity index is 309. The molecule has 1 rings (SSSR count). The molecule has 19 heavy (non-hydrogen) atoms. The largest absolute Gasteiger partial charge is 0.480 e. The first-order valence-electron chi connectivity index (χ1n) is 6.81. The summed E-state index contributed by atoms with van der Waals surface area (Å²) in [4.78, 5) is 24.5. The van der Waals surface area contributed by atoms with E-state index >= 15 is 0 Å². The molecule has 1 aliphatic rings. The molecule has 0 bridgehead atoms. The van der Waals surface area contributed by atoms with E-state index < -0.39 is 5.97 Å². The molecule has 0 radical (unpaired) electrons. The van der Waals surface area contributed by atoms with Gasteiger partial charge < -0.3 is 20.1 Å². The van der Waals surface area contributed by atoms with Crippen LogP contribution < -0.4 is 5.32 Å².